The second kappa shape index (κ2) is 13.7. The van der Waals surface area contributed by atoms with Crippen LogP contribution in [0.15, 0.2) is 76.1 Å². The number of nitrogens with one attached hydrogen (secondary N) is 1. The highest BCUT2D eigenvalue weighted by Crippen LogP contribution is 2.29. The molecule has 3 rings (SSSR count). The Morgan fingerprint density at radius 2 is 1.57 bits per heavy atom. The molecule has 1 N–H and O–H groups in total. The molecule has 0 aliphatic carbocycles. The molecule has 0 spiro atoms. The highest BCUT2D eigenvalue weighted by Gasteiger charge is 2.33. The van der Waals surface area contributed by atoms with E-state index in [1.165, 1.54) is 17.0 Å². The summed E-state index contributed by atoms with van der Waals surface area (Å²) in [7, 11) is -4.14. The van der Waals surface area contributed by atoms with Crippen LogP contribution in [0, 0.1) is 19.8 Å². The van der Waals surface area contributed by atoms with E-state index in [0.717, 1.165) is 19.9 Å². The maximum atomic E-state index is 14.0. The molecule has 0 radical (unpaired) electrons. The van der Waals surface area contributed by atoms with Crippen molar-refractivity contribution < 1.29 is 18.0 Å². The van der Waals surface area contributed by atoms with E-state index in [-0.39, 0.29) is 23.3 Å². The molecule has 0 aromatic heterocycles. The first-order valence-corrected chi connectivity index (χ1v) is 15.6. The topological polar surface area (TPSA) is 86.8 Å². The van der Waals surface area contributed by atoms with Crippen LogP contribution in [0.1, 0.15) is 37.5 Å². The Bertz CT molecular complexity index is 1440. The molecule has 2 amide bonds. The van der Waals surface area contributed by atoms with Crippen molar-refractivity contribution in [2.45, 2.75) is 52.1 Å². The quantitative estimate of drug-likeness (QED) is 0.272. The number of rotatable bonds is 11. The van der Waals surface area contributed by atoms with E-state index in [2.05, 4.69) is 21.2 Å². The molecular formula is C30H35BrClN3O4S. The van der Waals surface area contributed by atoms with Gasteiger partial charge in [0.05, 0.1) is 10.6 Å². The van der Waals surface area contributed by atoms with Gasteiger partial charge in [0.1, 0.15) is 12.6 Å². The maximum Gasteiger partial charge on any atom is 0.264 e. The van der Waals surface area contributed by atoms with Gasteiger partial charge in [0.25, 0.3) is 10.0 Å². The lowest BCUT2D eigenvalue weighted by Gasteiger charge is -2.32. The number of carbonyl (C=O) groups is 2. The van der Waals surface area contributed by atoms with Crippen LogP contribution < -0.4 is 9.62 Å². The van der Waals surface area contributed by atoms with Crippen LogP contribution in [-0.4, -0.2) is 44.3 Å². The molecular weight excluding hydrogens is 614 g/mol. The van der Waals surface area contributed by atoms with Gasteiger partial charge in [-0.25, -0.2) is 8.42 Å². The Balaban J connectivity index is 2.04. The summed E-state index contributed by atoms with van der Waals surface area (Å²) >= 11 is 9.58. The van der Waals surface area contributed by atoms with Crippen molar-refractivity contribution in [1.29, 1.82) is 0 Å². The number of benzene rings is 3. The standard InChI is InChI=1S/C30H35BrClN3O4S/c1-20(2)17-33-30(37)23(5)34(18-24-8-10-25(31)11-9-24)29(36)19-35(28-15-12-26(32)16-22(28)4)40(38,39)27-13-6-21(3)7-14-27/h6-16,20,23H,17-19H2,1-5H3,(H,33,37)/t23-/m1/s1. The van der Waals surface area contributed by atoms with Gasteiger partial charge < -0.3 is 10.2 Å². The number of aryl methyl sites for hydroxylation is 2. The normalized spacial score (nSPS) is 12.2. The Kier molecular flexibility index (Phi) is 10.8. The van der Waals surface area contributed by atoms with E-state index < -0.39 is 28.5 Å². The summed E-state index contributed by atoms with van der Waals surface area (Å²) in [5.41, 5.74) is 2.64. The van der Waals surface area contributed by atoms with Crippen molar-refractivity contribution >= 4 is 55.1 Å². The molecule has 7 nitrogen and oxygen atoms in total. The molecule has 3 aromatic rings. The van der Waals surface area contributed by atoms with Gasteiger partial charge in [0.2, 0.25) is 11.8 Å². The molecule has 0 saturated carbocycles. The van der Waals surface area contributed by atoms with Gasteiger partial charge >= 0.3 is 0 Å². The molecule has 10 heteroatoms. The smallest absolute Gasteiger partial charge is 0.264 e. The molecule has 1 atom stereocenters. The Morgan fingerprint density at radius 3 is 2.15 bits per heavy atom. The van der Waals surface area contributed by atoms with Crippen LogP contribution in [0.5, 0.6) is 0 Å². The molecule has 0 fully saturated rings. The number of sulfonamides is 1. The van der Waals surface area contributed by atoms with E-state index in [1.807, 2.05) is 45.0 Å². The van der Waals surface area contributed by atoms with Gasteiger partial charge in [-0.1, -0.05) is 71.2 Å². The predicted octanol–water partition coefficient (Wildman–Crippen LogP) is 6.10. The number of nitrogens with zero attached hydrogens (tertiary/aromatic N) is 2. The molecule has 0 bridgehead atoms. The molecule has 0 unspecified atom stereocenters. The lowest BCUT2D eigenvalue weighted by atomic mass is 10.1. The van der Waals surface area contributed by atoms with Gasteiger partial charge in [-0.15, -0.1) is 0 Å². The molecule has 3 aromatic carbocycles. The Labute approximate surface area is 250 Å². The second-order valence-electron chi connectivity index (χ2n) is 10.2. The molecule has 0 heterocycles. The first-order chi connectivity index (χ1) is 18.8. The van der Waals surface area contributed by atoms with Gasteiger partial charge in [-0.05, 0) is 80.3 Å². The fourth-order valence-corrected chi connectivity index (χ4v) is 6.04. The third-order valence-corrected chi connectivity index (χ3v) is 8.97. The van der Waals surface area contributed by atoms with E-state index in [9.17, 15) is 18.0 Å². The number of anilines is 1. The monoisotopic (exact) mass is 647 g/mol. The molecule has 0 aliphatic heterocycles. The predicted molar refractivity (Wildman–Crippen MR) is 164 cm³/mol. The van der Waals surface area contributed by atoms with E-state index >= 15 is 0 Å². The number of carbonyl (C=O) groups excluding carboxylic acids is 2. The van der Waals surface area contributed by atoms with Crippen LogP contribution in [-0.2, 0) is 26.2 Å². The summed E-state index contributed by atoms with van der Waals surface area (Å²) in [6.45, 7) is 9.31. The zero-order valence-corrected chi connectivity index (χ0v) is 26.5. The maximum absolute atomic E-state index is 14.0. The Morgan fingerprint density at radius 1 is 0.950 bits per heavy atom. The van der Waals surface area contributed by atoms with E-state index in [4.69, 9.17) is 11.6 Å². The van der Waals surface area contributed by atoms with Gasteiger partial charge in [-0.2, -0.15) is 0 Å². The number of halogens is 2. The van der Waals surface area contributed by atoms with Crippen molar-refractivity contribution in [3.63, 3.8) is 0 Å². The third kappa shape index (κ3) is 8.08. The van der Waals surface area contributed by atoms with Gasteiger partial charge in [0.15, 0.2) is 0 Å². The summed E-state index contributed by atoms with van der Waals surface area (Å²) in [5, 5.41) is 3.34. The summed E-state index contributed by atoms with van der Waals surface area (Å²) in [4.78, 5) is 28.5. The van der Waals surface area contributed by atoms with Gasteiger partial charge in [0, 0.05) is 22.6 Å². The van der Waals surface area contributed by atoms with Gasteiger partial charge in [-0.3, -0.25) is 13.9 Å². The SMILES string of the molecule is Cc1ccc(S(=O)(=O)N(CC(=O)N(Cc2ccc(Br)cc2)[C@H](C)C(=O)NCC(C)C)c2ccc(Cl)cc2C)cc1. The minimum Gasteiger partial charge on any atom is -0.354 e. The van der Waals surface area contributed by atoms with Crippen molar-refractivity contribution in [3.05, 3.63) is 92.9 Å². The zero-order chi connectivity index (χ0) is 29.6. The highest BCUT2D eigenvalue weighted by atomic mass is 79.9. The molecule has 40 heavy (non-hydrogen) atoms. The fourth-order valence-electron chi connectivity index (χ4n) is 4.07. The zero-order valence-electron chi connectivity index (χ0n) is 23.3. The summed E-state index contributed by atoms with van der Waals surface area (Å²) in [6.07, 6.45) is 0. The van der Waals surface area contributed by atoms with Crippen LogP contribution in [0.2, 0.25) is 5.02 Å². The van der Waals surface area contributed by atoms with E-state index in [0.29, 0.717) is 22.8 Å². The minimum absolute atomic E-state index is 0.0578. The number of amides is 2. The third-order valence-electron chi connectivity index (χ3n) is 6.43. The van der Waals surface area contributed by atoms with Crippen LogP contribution in [0.3, 0.4) is 0 Å². The molecule has 0 aliphatic rings. The molecule has 0 saturated heterocycles. The largest absolute Gasteiger partial charge is 0.354 e. The summed E-state index contributed by atoms with van der Waals surface area (Å²) in [6, 6.07) is 17.9. The van der Waals surface area contributed by atoms with Crippen molar-refractivity contribution in [2.75, 3.05) is 17.4 Å². The van der Waals surface area contributed by atoms with Crippen LogP contribution >= 0.6 is 27.5 Å². The fraction of sp³-hybridized carbons (Fsp3) is 0.333. The number of hydrogen-bond acceptors (Lipinski definition) is 4. The van der Waals surface area contributed by atoms with Crippen LogP contribution in [0.25, 0.3) is 0 Å². The van der Waals surface area contributed by atoms with Crippen molar-refractivity contribution in [3.8, 4) is 0 Å². The van der Waals surface area contributed by atoms with E-state index in [1.54, 1.807) is 44.2 Å². The van der Waals surface area contributed by atoms with Crippen LogP contribution in [0.4, 0.5) is 5.69 Å². The average Bonchev–Trinajstić information content (AvgIpc) is 2.90. The lowest BCUT2D eigenvalue weighted by molar-refractivity contribution is -0.139. The highest BCUT2D eigenvalue weighted by molar-refractivity contribution is 9.10. The number of hydrogen-bond donors (Lipinski definition) is 1. The summed E-state index contributed by atoms with van der Waals surface area (Å²) in [5.74, 6) is -0.593. The average molecular weight is 649 g/mol. The van der Waals surface area contributed by atoms with Crippen molar-refractivity contribution in [2.24, 2.45) is 5.92 Å². The lowest BCUT2D eigenvalue weighted by Crippen LogP contribution is -2.51. The van der Waals surface area contributed by atoms with Crippen molar-refractivity contribution in [1.82, 2.24) is 10.2 Å². The Hall–Kier alpha value is -2.88. The summed E-state index contributed by atoms with van der Waals surface area (Å²) < 4.78 is 29.9. The first kappa shape index (κ1) is 31.6. The molecule has 214 valence electrons. The minimum atomic E-state index is -4.14. The first-order valence-electron chi connectivity index (χ1n) is 13.0. The second-order valence-corrected chi connectivity index (χ2v) is 13.4.